The second-order valence-corrected chi connectivity index (χ2v) is 5.77. The van der Waals surface area contributed by atoms with Crippen molar-refractivity contribution in [2.45, 2.75) is 23.7 Å². The molecule has 0 bridgehead atoms. The van der Waals surface area contributed by atoms with Crippen LogP contribution >= 0.6 is 11.6 Å². The predicted octanol–water partition coefficient (Wildman–Crippen LogP) is 1.72. The number of rotatable bonds is 4. The first-order valence-electron chi connectivity index (χ1n) is 4.53. The van der Waals surface area contributed by atoms with Crippen molar-refractivity contribution in [1.82, 2.24) is 0 Å². The molecule has 1 aromatic rings. The van der Waals surface area contributed by atoms with E-state index in [9.17, 15) is 13.5 Å². The summed E-state index contributed by atoms with van der Waals surface area (Å²) in [4.78, 5) is 0.130. The Hall–Kier alpha value is -0.580. The van der Waals surface area contributed by atoms with E-state index in [0.29, 0.717) is 0 Å². The van der Waals surface area contributed by atoms with Crippen LogP contribution in [0.1, 0.15) is 12.0 Å². The lowest BCUT2D eigenvalue weighted by Gasteiger charge is -2.10. The van der Waals surface area contributed by atoms with Crippen LogP contribution in [0.2, 0.25) is 0 Å². The third-order valence-corrected chi connectivity index (χ3v) is 4.16. The smallest absolute Gasteiger partial charge is 0.204 e. The van der Waals surface area contributed by atoms with Gasteiger partial charge in [-0.2, -0.15) is 0 Å². The molecular formula is C10H13ClO3S. The van der Waals surface area contributed by atoms with Crippen LogP contribution in [-0.2, 0) is 9.84 Å². The van der Waals surface area contributed by atoms with Gasteiger partial charge in [-0.25, -0.2) is 8.42 Å². The molecule has 0 fully saturated rings. The number of aryl methyl sites for hydroxylation is 1. The van der Waals surface area contributed by atoms with Gasteiger partial charge in [-0.1, -0.05) is 17.7 Å². The molecule has 0 amide bonds. The van der Waals surface area contributed by atoms with E-state index in [1.54, 1.807) is 12.1 Å². The van der Waals surface area contributed by atoms with Crippen molar-refractivity contribution in [2.75, 3.05) is 5.88 Å². The summed E-state index contributed by atoms with van der Waals surface area (Å²) in [5.74, 6) is 0.117. The highest BCUT2D eigenvalue weighted by Crippen LogP contribution is 2.17. The fraction of sp³-hybridized carbons (Fsp3) is 0.400. The first-order valence-corrected chi connectivity index (χ1v) is 6.61. The minimum atomic E-state index is -3.65. The Morgan fingerprint density at radius 1 is 1.33 bits per heavy atom. The molecule has 84 valence electrons. The highest BCUT2D eigenvalue weighted by molar-refractivity contribution is 7.91. The Morgan fingerprint density at radius 2 is 1.87 bits per heavy atom. The van der Waals surface area contributed by atoms with Gasteiger partial charge < -0.3 is 5.11 Å². The number of halogens is 1. The molecule has 5 heteroatoms. The molecule has 0 aliphatic rings. The maximum Gasteiger partial charge on any atom is 0.204 e. The second-order valence-electron chi connectivity index (χ2n) is 3.29. The van der Waals surface area contributed by atoms with Crippen LogP contribution in [0, 0.1) is 6.92 Å². The summed E-state index contributed by atoms with van der Waals surface area (Å²) in [6.07, 6.45) is 0.0394. The molecule has 0 spiro atoms. The summed E-state index contributed by atoms with van der Waals surface area (Å²) in [7, 11) is -3.65. The number of aliphatic hydroxyl groups is 1. The van der Waals surface area contributed by atoms with Crippen LogP contribution in [0.15, 0.2) is 29.2 Å². The molecule has 1 atom stereocenters. The molecular weight excluding hydrogens is 236 g/mol. The number of aliphatic hydroxyl groups excluding tert-OH is 1. The van der Waals surface area contributed by atoms with Crippen molar-refractivity contribution in [3.63, 3.8) is 0 Å². The summed E-state index contributed by atoms with van der Waals surface area (Å²) in [6.45, 7) is 1.87. The number of benzene rings is 1. The number of sulfone groups is 1. The lowest BCUT2D eigenvalue weighted by molar-refractivity contribution is 0.245. The Kier molecular flexibility index (Phi) is 4.13. The lowest BCUT2D eigenvalue weighted by atomic mass is 10.2. The summed E-state index contributed by atoms with van der Waals surface area (Å²) < 4.78 is 23.4. The molecule has 0 aliphatic carbocycles. The largest absolute Gasteiger partial charge is 0.377 e. The van der Waals surface area contributed by atoms with Gasteiger partial charge in [0.1, 0.15) is 0 Å². The second kappa shape index (κ2) is 4.96. The molecule has 0 radical (unpaired) electrons. The van der Waals surface area contributed by atoms with Gasteiger partial charge in [0, 0.05) is 12.3 Å². The van der Waals surface area contributed by atoms with Gasteiger partial charge >= 0.3 is 0 Å². The molecule has 15 heavy (non-hydrogen) atoms. The van der Waals surface area contributed by atoms with E-state index >= 15 is 0 Å². The number of hydrogen-bond acceptors (Lipinski definition) is 3. The Morgan fingerprint density at radius 3 is 2.33 bits per heavy atom. The minimum Gasteiger partial charge on any atom is -0.377 e. The maximum atomic E-state index is 11.7. The first-order chi connectivity index (χ1) is 6.98. The predicted molar refractivity (Wildman–Crippen MR) is 59.7 cm³/mol. The van der Waals surface area contributed by atoms with Crippen LogP contribution < -0.4 is 0 Å². The average Bonchev–Trinajstić information content (AvgIpc) is 2.18. The molecule has 0 aromatic heterocycles. The molecule has 1 aromatic carbocycles. The van der Waals surface area contributed by atoms with Crippen LogP contribution in [0.5, 0.6) is 0 Å². The fourth-order valence-electron chi connectivity index (χ4n) is 1.13. The first kappa shape index (κ1) is 12.5. The van der Waals surface area contributed by atoms with Crippen molar-refractivity contribution in [3.05, 3.63) is 29.8 Å². The third-order valence-electron chi connectivity index (χ3n) is 2.06. The molecule has 1 rings (SSSR count). The summed E-state index contributed by atoms with van der Waals surface area (Å²) >= 11 is 5.39. The Labute approximate surface area is 94.6 Å². The zero-order valence-corrected chi connectivity index (χ0v) is 9.92. The molecule has 1 unspecified atom stereocenters. The van der Waals surface area contributed by atoms with Crippen molar-refractivity contribution < 1.29 is 13.5 Å². The van der Waals surface area contributed by atoms with E-state index in [4.69, 9.17) is 11.6 Å². The topological polar surface area (TPSA) is 54.4 Å². The van der Waals surface area contributed by atoms with Crippen LogP contribution in [0.4, 0.5) is 0 Å². The quantitative estimate of drug-likeness (QED) is 0.826. The minimum absolute atomic E-state index is 0.0394. The van der Waals surface area contributed by atoms with Crippen molar-refractivity contribution in [3.8, 4) is 0 Å². The molecule has 1 N–H and O–H groups in total. The average molecular weight is 249 g/mol. The normalized spacial score (nSPS) is 13.8. The Bertz CT molecular complexity index is 411. The molecule has 0 saturated carbocycles. The van der Waals surface area contributed by atoms with Gasteiger partial charge in [-0.15, -0.1) is 11.6 Å². The summed E-state index contributed by atoms with van der Waals surface area (Å²) in [5.41, 5.74) is -0.446. The van der Waals surface area contributed by atoms with E-state index < -0.39 is 15.3 Å². The van der Waals surface area contributed by atoms with Gasteiger partial charge in [0.05, 0.1) is 4.90 Å². The maximum absolute atomic E-state index is 11.7. The van der Waals surface area contributed by atoms with Gasteiger partial charge in [0.2, 0.25) is 9.84 Å². The van der Waals surface area contributed by atoms with Gasteiger partial charge in [-0.3, -0.25) is 0 Å². The monoisotopic (exact) mass is 248 g/mol. The SMILES string of the molecule is Cc1ccc(S(=O)(=O)C(O)CCCl)cc1. The van der Waals surface area contributed by atoms with E-state index in [2.05, 4.69) is 0 Å². The number of alkyl halides is 1. The van der Waals surface area contributed by atoms with Crippen LogP contribution in [0.3, 0.4) is 0 Å². The van der Waals surface area contributed by atoms with Gasteiger partial charge in [-0.05, 0) is 19.1 Å². The zero-order valence-electron chi connectivity index (χ0n) is 8.35. The lowest BCUT2D eigenvalue weighted by Crippen LogP contribution is -2.21. The summed E-state index contributed by atoms with van der Waals surface area (Å²) in [6, 6.07) is 6.37. The van der Waals surface area contributed by atoms with Gasteiger partial charge in [0.15, 0.2) is 5.44 Å². The standard InChI is InChI=1S/C10H13ClO3S/c1-8-2-4-9(5-3-8)15(13,14)10(12)6-7-11/h2-5,10,12H,6-7H2,1H3. The molecule has 0 heterocycles. The molecule has 0 saturated heterocycles. The van der Waals surface area contributed by atoms with E-state index in [1.165, 1.54) is 12.1 Å². The van der Waals surface area contributed by atoms with Crippen molar-refractivity contribution in [2.24, 2.45) is 0 Å². The van der Waals surface area contributed by atoms with Crippen molar-refractivity contribution >= 4 is 21.4 Å². The van der Waals surface area contributed by atoms with Crippen LogP contribution in [-0.4, -0.2) is 24.8 Å². The Balaban J connectivity index is 3.01. The molecule has 0 aliphatic heterocycles. The molecule has 3 nitrogen and oxygen atoms in total. The fourth-order valence-corrected chi connectivity index (χ4v) is 2.73. The van der Waals surface area contributed by atoms with E-state index in [-0.39, 0.29) is 17.2 Å². The van der Waals surface area contributed by atoms with Gasteiger partial charge in [0.25, 0.3) is 0 Å². The highest BCUT2D eigenvalue weighted by atomic mass is 35.5. The number of hydrogen-bond donors (Lipinski definition) is 1. The van der Waals surface area contributed by atoms with Crippen molar-refractivity contribution in [1.29, 1.82) is 0 Å². The van der Waals surface area contributed by atoms with E-state index in [0.717, 1.165) is 5.56 Å². The summed E-state index contributed by atoms with van der Waals surface area (Å²) in [5, 5.41) is 9.43. The van der Waals surface area contributed by atoms with E-state index in [1.807, 2.05) is 6.92 Å². The van der Waals surface area contributed by atoms with Crippen LogP contribution in [0.25, 0.3) is 0 Å². The highest BCUT2D eigenvalue weighted by Gasteiger charge is 2.24. The zero-order chi connectivity index (χ0) is 11.5. The third kappa shape index (κ3) is 2.93.